The lowest BCUT2D eigenvalue weighted by molar-refractivity contribution is 0.0735. The van der Waals surface area contributed by atoms with Crippen LogP contribution < -0.4 is 11.3 Å². The van der Waals surface area contributed by atoms with E-state index in [-0.39, 0.29) is 17.3 Å². The number of hydrogen-bond donors (Lipinski definition) is 2. The largest absolute Gasteiger partial charge is 0.338 e. The molecule has 0 bridgehead atoms. The number of pyridine rings is 1. The van der Waals surface area contributed by atoms with Crippen LogP contribution in [0, 0.1) is 17.7 Å². The minimum absolute atomic E-state index is 0.0502. The summed E-state index contributed by atoms with van der Waals surface area (Å²) in [7, 11) is 0. The second kappa shape index (κ2) is 5.36. The van der Waals surface area contributed by atoms with Gasteiger partial charge >= 0.3 is 0 Å². The van der Waals surface area contributed by atoms with Crippen molar-refractivity contribution in [3.63, 3.8) is 0 Å². The number of halogens is 1. The normalized spacial score (nSPS) is 17.9. The summed E-state index contributed by atoms with van der Waals surface area (Å²) in [5, 5.41) is 0. The van der Waals surface area contributed by atoms with E-state index in [4.69, 9.17) is 5.84 Å². The molecule has 0 radical (unpaired) electrons. The van der Waals surface area contributed by atoms with Gasteiger partial charge in [-0.1, -0.05) is 0 Å². The second-order valence-electron chi connectivity index (χ2n) is 5.76. The van der Waals surface area contributed by atoms with E-state index in [0.29, 0.717) is 11.8 Å². The van der Waals surface area contributed by atoms with Gasteiger partial charge in [-0.2, -0.15) is 0 Å². The summed E-state index contributed by atoms with van der Waals surface area (Å²) in [5.74, 6) is 5.38. The number of carbonyl (C=O) groups is 1. The number of nitrogens with zero attached hydrogens (tertiary/aromatic N) is 2. The van der Waals surface area contributed by atoms with Crippen LogP contribution in [0.5, 0.6) is 0 Å². The number of amides is 1. The predicted octanol–water partition coefficient (Wildman–Crippen LogP) is 1.77. The van der Waals surface area contributed by atoms with Gasteiger partial charge in [0.25, 0.3) is 5.91 Å². The predicted molar refractivity (Wildman–Crippen MR) is 73.4 cm³/mol. The third-order valence-corrected chi connectivity index (χ3v) is 3.89. The van der Waals surface area contributed by atoms with E-state index in [1.54, 1.807) is 4.90 Å². The fraction of sp³-hybridized carbons (Fsp3) is 0.571. The van der Waals surface area contributed by atoms with Gasteiger partial charge in [0.1, 0.15) is 0 Å². The molecule has 20 heavy (non-hydrogen) atoms. The lowest BCUT2D eigenvalue weighted by Crippen LogP contribution is -2.35. The van der Waals surface area contributed by atoms with Gasteiger partial charge < -0.3 is 10.3 Å². The Hall–Kier alpha value is -1.69. The second-order valence-corrected chi connectivity index (χ2v) is 5.76. The van der Waals surface area contributed by atoms with Crippen LogP contribution in [0.15, 0.2) is 12.3 Å². The summed E-state index contributed by atoms with van der Waals surface area (Å²) in [4.78, 5) is 18.1. The highest BCUT2D eigenvalue weighted by molar-refractivity contribution is 5.95. The topological polar surface area (TPSA) is 71.2 Å². The number of hydrazine groups is 1. The van der Waals surface area contributed by atoms with E-state index in [9.17, 15) is 9.18 Å². The quantitative estimate of drug-likeness (QED) is 0.614. The number of nitrogens with one attached hydrogen (secondary N) is 1. The van der Waals surface area contributed by atoms with Gasteiger partial charge in [0.2, 0.25) is 0 Å². The van der Waals surface area contributed by atoms with Crippen LogP contribution in [-0.2, 0) is 0 Å². The standard InChI is InChI=1S/C14H19FN4O/c15-12-11(5-6-17-13(12)18-16)14(20)19(7-9-1-2-9)8-10-3-4-10/h5-6,9-10H,1-4,7-8,16H2,(H,17,18). The van der Waals surface area contributed by atoms with Crippen molar-refractivity contribution < 1.29 is 9.18 Å². The van der Waals surface area contributed by atoms with Gasteiger partial charge in [-0.05, 0) is 43.6 Å². The molecule has 2 aliphatic rings. The maximum absolute atomic E-state index is 14.1. The van der Waals surface area contributed by atoms with Gasteiger partial charge in [-0.3, -0.25) is 4.79 Å². The number of carbonyl (C=O) groups excluding carboxylic acids is 1. The zero-order valence-corrected chi connectivity index (χ0v) is 11.3. The van der Waals surface area contributed by atoms with Crippen molar-refractivity contribution in [1.82, 2.24) is 9.88 Å². The zero-order valence-electron chi connectivity index (χ0n) is 11.3. The van der Waals surface area contributed by atoms with Crippen molar-refractivity contribution >= 4 is 11.7 Å². The first-order chi connectivity index (χ1) is 9.69. The van der Waals surface area contributed by atoms with Gasteiger partial charge in [-0.25, -0.2) is 15.2 Å². The smallest absolute Gasteiger partial charge is 0.257 e. The Morgan fingerprint density at radius 3 is 2.45 bits per heavy atom. The third kappa shape index (κ3) is 2.90. The molecule has 1 aromatic rings. The van der Waals surface area contributed by atoms with Gasteiger partial charge in [0, 0.05) is 19.3 Å². The SMILES string of the molecule is NNc1nccc(C(=O)N(CC2CC2)CC2CC2)c1F. The lowest BCUT2D eigenvalue weighted by atomic mass is 10.2. The first-order valence-electron chi connectivity index (χ1n) is 7.09. The van der Waals surface area contributed by atoms with Crippen molar-refractivity contribution in [2.45, 2.75) is 25.7 Å². The van der Waals surface area contributed by atoms with Gasteiger partial charge in [0.05, 0.1) is 5.56 Å². The summed E-state index contributed by atoms with van der Waals surface area (Å²) >= 11 is 0. The Bertz CT molecular complexity index is 500. The number of nitrogens with two attached hydrogens (primary N) is 1. The highest BCUT2D eigenvalue weighted by Crippen LogP contribution is 2.34. The van der Waals surface area contributed by atoms with E-state index < -0.39 is 5.82 Å². The van der Waals surface area contributed by atoms with E-state index in [1.807, 2.05) is 0 Å². The summed E-state index contributed by atoms with van der Waals surface area (Å²) in [6.07, 6.45) is 6.08. The molecule has 3 rings (SSSR count). The van der Waals surface area contributed by atoms with Gasteiger partial charge in [-0.15, -0.1) is 0 Å². The van der Waals surface area contributed by atoms with Crippen LogP contribution in [0.4, 0.5) is 10.2 Å². The average Bonchev–Trinajstić information content (AvgIpc) is 3.33. The Balaban J connectivity index is 1.79. The fourth-order valence-electron chi connectivity index (χ4n) is 2.34. The molecule has 0 saturated heterocycles. The maximum atomic E-state index is 14.1. The van der Waals surface area contributed by atoms with E-state index in [1.165, 1.54) is 37.9 Å². The van der Waals surface area contributed by atoms with Crippen molar-refractivity contribution in [3.8, 4) is 0 Å². The molecular formula is C14H19FN4O. The molecule has 1 aromatic heterocycles. The maximum Gasteiger partial charge on any atom is 0.257 e. The first-order valence-corrected chi connectivity index (χ1v) is 7.09. The molecule has 3 N–H and O–H groups in total. The molecule has 1 amide bonds. The summed E-state index contributed by atoms with van der Waals surface area (Å²) in [6.45, 7) is 1.48. The third-order valence-electron chi connectivity index (χ3n) is 3.89. The zero-order chi connectivity index (χ0) is 14.1. The van der Waals surface area contributed by atoms with Crippen LogP contribution in [-0.4, -0.2) is 28.9 Å². The molecule has 6 heteroatoms. The summed E-state index contributed by atoms with van der Waals surface area (Å²) in [6, 6.07) is 1.42. The van der Waals surface area contributed by atoms with Crippen LogP contribution in [0.25, 0.3) is 0 Å². The Labute approximate surface area is 117 Å². The molecule has 2 aliphatic carbocycles. The molecule has 5 nitrogen and oxygen atoms in total. The van der Waals surface area contributed by atoms with E-state index in [2.05, 4.69) is 10.4 Å². The average molecular weight is 278 g/mol. The molecule has 1 heterocycles. The monoisotopic (exact) mass is 278 g/mol. The molecule has 0 unspecified atom stereocenters. The highest BCUT2D eigenvalue weighted by atomic mass is 19.1. The minimum Gasteiger partial charge on any atom is -0.338 e. The van der Waals surface area contributed by atoms with E-state index in [0.717, 1.165) is 13.1 Å². The number of aromatic nitrogens is 1. The van der Waals surface area contributed by atoms with Crippen molar-refractivity contribution in [2.75, 3.05) is 18.5 Å². The molecule has 108 valence electrons. The van der Waals surface area contributed by atoms with Crippen LogP contribution in [0.2, 0.25) is 0 Å². The summed E-state index contributed by atoms with van der Waals surface area (Å²) < 4.78 is 14.1. The number of nitrogen functional groups attached to an aromatic ring is 1. The van der Waals surface area contributed by atoms with Crippen LogP contribution >= 0.6 is 0 Å². The highest BCUT2D eigenvalue weighted by Gasteiger charge is 2.33. The fourth-order valence-corrected chi connectivity index (χ4v) is 2.34. The minimum atomic E-state index is -0.670. The number of hydrogen-bond acceptors (Lipinski definition) is 4. The van der Waals surface area contributed by atoms with Crippen LogP contribution in [0.1, 0.15) is 36.0 Å². The van der Waals surface area contributed by atoms with Crippen molar-refractivity contribution in [1.29, 1.82) is 0 Å². The molecule has 0 spiro atoms. The molecular weight excluding hydrogens is 259 g/mol. The van der Waals surface area contributed by atoms with Crippen molar-refractivity contribution in [2.24, 2.45) is 17.7 Å². The van der Waals surface area contributed by atoms with Crippen molar-refractivity contribution in [3.05, 3.63) is 23.6 Å². The number of anilines is 1. The summed E-state index contributed by atoms with van der Waals surface area (Å²) in [5.41, 5.74) is 2.23. The Kier molecular flexibility index (Phi) is 3.56. The molecule has 0 atom stereocenters. The molecule has 2 fully saturated rings. The molecule has 0 aromatic carbocycles. The lowest BCUT2D eigenvalue weighted by Gasteiger charge is -2.23. The van der Waals surface area contributed by atoms with E-state index >= 15 is 0 Å². The Morgan fingerprint density at radius 1 is 1.35 bits per heavy atom. The van der Waals surface area contributed by atoms with Crippen LogP contribution in [0.3, 0.4) is 0 Å². The number of rotatable bonds is 6. The Morgan fingerprint density at radius 2 is 1.95 bits per heavy atom. The molecule has 0 aliphatic heterocycles. The first kappa shape index (κ1) is 13.3. The molecule has 2 saturated carbocycles. The van der Waals surface area contributed by atoms with Gasteiger partial charge in [0.15, 0.2) is 11.6 Å².